The van der Waals surface area contributed by atoms with Crippen molar-refractivity contribution in [1.29, 1.82) is 0 Å². The third-order valence-electron chi connectivity index (χ3n) is 2.97. The zero-order valence-electron chi connectivity index (χ0n) is 13.8. The lowest BCUT2D eigenvalue weighted by Crippen LogP contribution is -2.42. The lowest BCUT2D eigenvalue weighted by molar-refractivity contribution is -0.120. The summed E-state index contributed by atoms with van der Waals surface area (Å²) in [6.45, 7) is 5.56. The van der Waals surface area contributed by atoms with Crippen molar-refractivity contribution in [2.24, 2.45) is 0 Å². The monoisotopic (exact) mass is 355 g/mol. The molecule has 1 aliphatic rings. The van der Waals surface area contributed by atoms with Gasteiger partial charge in [0.1, 0.15) is 16.7 Å². The van der Waals surface area contributed by atoms with Crippen LogP contribution in [0.1, 0.15) is 20.8 Å². The van der Waals surface area contributed by atoms with Crippen LogP contribution in [0.3, 0.4) is 0 Å². The number of amides is 3. The van der Waals surface area contributed by atoms with Crippen molar-refractivity contribution in [2.45, 2.75) is 32.5 Å². The molecule has 0 aromatic carbocycles. The molecule has 0 radical (unpaired) electrons. The third kappa shape index (κ3) is 5.41. The molecule has 2 rings (SSSR count). The Bertz CT molecular complexity index is 597. The Labute approximate surface area is 144 Å². The molecule has 24 heavy (non-hydrogen) atoms. The second-order valence-electron chi connectivity index (χ2n) is 6.23. The van der Waals surface area contributed by atoms with Crippen LogP contribution in [0.25, 0.3) is 0 Å². The van der Waals surface area contributed by atoms with Gasteiger partial charge in [-0.15, -0.1) is 11.3 Å². The number of alkyl carbamates (subject to hydrolysis) is 1. The predicted molar refractivity (Wildman–Crippen MR) is 89.2 cm³/mol. The van der Waals surface area contributed by atoms with Crippen LogP contribution in [0.2, 0.25) is 0 Å². The zero-order valence-corrected chi connectivity index (χ0v) is 14.6. The topological polar surface area (TPSA) is 97.0 Å². The first-order valence-electron chi connectivity index (χ1n) is 7.50. The molecule has 3 amide bonds. The molecule has 1 aromatic heterocycles. The van der Waals surface area contributed by atoms with Gasteiger partial charge >= 0.3 is 12.2 Å². The highest BCUT2D eigenvalue weighted by molar-refractivity contribution is 7.14. The van der Waals surface area contributed by atoms with Gasteiger partial charge in [0.2, 0.25) is 5.91 Å². The maximum atomic E-state index is 11.8. The van der Waals surface area contributed by atoms with Crippen molar-refractivity contribution in [3.63, 3.8) is 0 Å². The Morgan fingerprint density at radius 2 is 2.17 bits per heavy atom. The van der Waals surface area contributed by atoms with Crippen LogP contribution in [0, 0.1) is 0 Å². The fraction of sp³-hybridized carbons (Fsp3) is 0.533. The summed E-state index contributed by atoms with van der Waals surface area (Å²) < 4.78 is 10.2. The molecule has 0 aliphatic carbocycles. The highest BCUT2D eigenvalue weighted by atomic mass is 32.1. The molecule has 2 heterocycles. The lowest BCUT2D eigenvalue weighted by atomic mass is 10.2. The summed E-state index contributed by atoms with van der Waals surface area (Å²) in [6.07, 6.45) is -1.51. The van der Waals surface area contributed by atoms with Crippen LogP contribution in [-0.2, 0) is 14.3 Å². The van der Waals surface area contributed by atoms with E-state index in [1.54, 1.807) is 20.8 Å². The summed E-state index contributed by atoms with van der Waals surface area (Å²) in [4.78, 5) is 36.5. The van der Waals surface area contributed by atoms with Gasteiger partial charge in [-0.1, -0.05) is 0 Å². The number of carbonyl (C=O) groups excluding carboxylic acids is 3. The molecule has 8 nitrogen and oxygen atoms in total. The van der Waals surface area contributed by atoms with E-state index in [9.17, 15) is 14.4 Å². The van der Waals surface area contributed by atoms with Gasteiger partial charge < -0.3 is 20.1 Å². The molecule has 0 bridgehead atoms. The molecular weight excluding hydrogens is 334 g/mol. The van der Waals surface area contributed by atoms with Gasteiger partial charge in [-0.3, -0.25) is 9.69 Å². The molecule has 1 aromatic rings. The lowest BCUT2D eigenvalue weighted by Gasteiger charge is -2.19. The number of carbonyl (C=O) groups is 3. The average molecular weight is 355 g/mol. The Balaban J connectivity index is 1.69. The molecule has 1 saturated heterocycles. The van der Waals surface area contributed by atoms with Crippen molar-refractivity contribution in [3.8, 4) is 0 Å². The number of nitrogens with one attached hydrogen (secondary N) is 2. The number of hydrogen-bond acceptors (Lipinski definition) is 6. The molecule has 1 aliphatic heterocycles. The van der Waals surface area contributed by atoms with Crippen LogP contribution in [0.4, 0.5) is 14.6 Å². The van der Waals surface area contributed by atoms with E-state index >= 15 is 0 Å². The van der Waals surface area contributed by atoms with E-state index in [-0.39, 0.29) is 19.0 Å². The first kappa shape index (κ1) is 18.1. The van der Waals surface area contributed by atoms with Gasteiger partial charge in [0.15, 0.2) is 0 Å². The van der Waals surface area contributed by atoms with Crippen molar-refractivity contribution in [1.82, 2.24) is 10.6 Å². The second-order valence-corrected chi connectivity index (χ2v) is 7.15. The predicted octanol–water partition coefficient (Wildman–Crippen LogP) is 1.71. The van der Waals surface area contributed by atoms with E-state index in [4.69, 9.17) is 9.47 Å². The van der Waals surface area contributed by atoms with E-state index in [0.29, 0.717) is 6.54 Å². The van der Waals surface area contributed by atoms with Crippen LogP contribution >= 0.6 is 11.3 Å². The molecule has 1 fully saturated rings. The number of nitrogens with zero attached hydrogens (tertiary/aromatic N) is 1. The van der Waals surface area contributed by atoms with Crippen LogP contribution in [-0.4, -0.2) is 49.4 Å². The van der Waals surface area contributed by atoms with Gasteiger partial charge in [0.25, 0.3) is 0 Å². The first-order valence-corrected chi connectivity index (χ1v) is 8.38. The highest BCUT2D eigenvalue weighted by Gasteiger charge is 2.32. The number of ether oxygens (including phenoxy) is 2. The van der Waals surface area contributed by atoms with Crippen LogP contribution in [0.15, 0.2) is 17.5 Å². The maximum Gasteiger partial charge on any atom is 0.415 e. The minimum atomic E-state index is -0.659. The number of rotatable bonds is 5. The number of cyclic esters (lactones) is 1. The van der Waals surface area contributed by atoms with Crippen LogP contribution < -0.4 is 15.5 Å². The van der Waals surface area contributed by atoms with Gasteiger partial charge in [-0.2, -0.15) is 0 Å². The third-order valence-corrected chi connectivity index (χ3v) is 3.86. The van der Waals surface area contributed by atoms with E-state index in [0.717, 1.165) is 5.00 Å². The van der Waals surface area contributed by atoms with Crippen molar-refractivity contribution >= 4 is 34.4 Å². The van der Waals surface area contributed by atoms with E-state index < -0.39 is 23.9 Å². The van der Waals surface area contributed by atoms with Gasteiger partial charge in [-0.25, -0.2) is 9.59 Å². The minimum Gasteiger partial charge on any atom is -0.444 e. The SMILES string of the molecule is CC(C)(C)OC(=O)NCC(=O)NCC1CN(c2cccs2)C(=O)O1. The summed E-state index contributed by atoms with van der Waals surface area (Å²) in [5, 5.41) is 7.67. The summed E-state index contributed by atoms with van der Waals surface area (Å²) >= 11 is 1.44. The molecular formula is C15H21N3O5S. The molecule has 0 spiro atoms. The fourth-order valence-corrected chi connectivity index (χ4v) is 2.72. The Hall–Kier alpha value is -2.29. The summed E-state index contributed by atoms with van der Waals surface area (Å²) in [6, 6.07) is 3.68. The Morgan fingerprint density at radius 1 is 1.42 bits per heavy atom. The highest BCUT2D eigenvalue weighted by Crippen LogP contribution is 2.25. The molecule has 1 unspecified atom stereocenters. The second kappa shape index (κ2) is 7.52. The van der Waals surface area contributed by atoms with Crippen LogP contribution in [0.5, 0.6) is 0 Å². The molecule has 0 saturated carbocycles. The van der Waals surface area contributed by atoms with Gasteiger partial charge in [-0.05, 0) is 38.3 Å². The maximum absolute atomic E-state index is 11.8. The summed E-state index contributed by atoms with van der Waals surface area (Å²) in [5.41, 5.74) is -0.621. The van der Waals surface area contributed by atoms with E-state index in [2.05, 4.69) is 10.6 Å². The Morgan fingerprint density at radius 3 is 2.79 bits per heavy atom. The van der Waals surface area contributed by atoms with Crippen molar-refractivity contribution in [2.75, 3.05) is 24.5 Å². The van der Waals surface area contributed by atoms with Crippen molar-refractivity contribution < 1.29 is 23.9 Å². The number of thiophene rings is 1. The smallest absolute Gasteiger partial charge is 0.415 e. The van der Waals surface area contributed by atoms with Crippen molar-refractivity contribution in [3.05, 3.63) is 17.5 Å². The number of anilines is 1. The first-order chi connectivity index (χ1) is 11.2. The Kier molecular flexibility index (Phi) is 5.66. The van der Waals surface area contributed by atoms with Gasteiger partial charge in [0.05, 0.1) is 19.6 Å². The molecule has 132 valence electrons. The minimum absolute atomic E-state index is 0.183. The normalized spacial score (nSPS) is 17.4. The molecule has 9 heteroatoms. The van der Waals surface area contributed by atoms with E-state index in [1.165, 1.54) is 16.2 Å². The average Bonchev–Trinajstić information content (AvgIpc) is 3.10. The van der Waals surface area contributed by atoms with E-state index in [1.807, 2.05) is 17.5 Å². The summed E-state index contributed by atoms with van der Waals surface area (Å²) in [7, 11) is 0. The molecule has 2 N–H and O–H groups in total. The fourth-order valence-electron chi connectivity index (χ4n) is 1.99. The summed E-state index contributed by atoms with van der Waals surface area (Å²) in [5.74, 6) is -0.383. The quantitative estimate of drug-likeness (QED) is 0.838. The standard InChI is InChI=1S/C15H21N3O5S/c1-15(2,3)23-13(20)17-8-11(19)16-7-10-9-18(14(21)22-10)12-5-4-6-24-12/h4-6,10H,7-9H2,1-3H3,(H,16,19)(H,17,20). The molecule has 1 atom stereocenters. The zero-order chi connectivity index (χ0) is 17.7. The van der Waals surface area contributed by atoms with Gasteiger partial charge in [0, 0.05) is 0 Å². The number of hydrogen-bond donors (Lipinski definition) is 2. The largest absolute Gasteiger partial charge is 0.444 e.